The second-order valence-electron chi connectivity index (χ2n) is 2.11. The van der Waals surface area contributed by atoms with Crippen LogP contribution in [0.3, 0.4) is 0 Å². The summed E-state index contributed by atoms with van der Waals surface area (Å²) in [5.41, 5.74) is 0.789. The van der Waals surface area contributed by atoms with Crippen LogP contribution in [-0.2, 0) is 0 Å². The van der Waals surface area contributed by atoms with Gasteiger partial charge in [-0.1, -0.05) is 0 Å². The fourth-order valence-electron chi connectivity index (χ4n) is 0.904. The highest BCUT2D eigenvalue weighted by molar-refractivity contribution is 5.83. The molecule has 0 saturated carbocycles. The number of aromatic hydroxyl groups is 1. The smallest absolute Gasteiger partial charge is 0.271 e. The third kappa shape index (κ3) is 0.690. The summed E-state index contributed by atoms with van der Waals surface area (Å²) in [5, 5.41) is 9.11. The summed E-state index contributed by atoms with van der Waals surface area (Å²) >= 11 is 0. The molecule has 11 heavy (non-hydrogen) atoms. The monoisotopic (exact) mass is 154 g/mol. The van der Waals surface area contributed by atoms with Crippen LogP contribution in [0, 0.1) is 0 Å². The van der Waals surface area contributed by atoms with Gasteiger partial charge >= 0.3 is 0 Å². The van der Waals surface area contributed by atoms with Gasteiger partial charge in [-0.2, -0.15) is 0 Å². The Morgan fingerprint density at radius 2 is 2.00 bits per heavy atom. The van der Waals surface area contributed by atoms with E-state index in [1.807, 2.05) is 0 Å². The molecule has 0 bridgehead atoms. The number of fused-ring (bicyclic) bond motifs is 1. The highest BCUT2D eigenvalue weighted by Crippen LogP contribution is 2.34. The summed E-state index contributed by atoms with van der Waals surface area (Å²) in [5.74, 6) is 0.621. The summed E-state index contributed by atoms with van der Waals surface area (Å²) in [4.78, 5) is 0. The van der Waals surface area contributed by atoms with E-state index in [4.69, 9.17) is 9.84 Å². The maximum atomic E-state index is 9.11. The molecule has 1 heterocycles. The molecule has 0 amide bonds. The average Bonchev–Trinajstić information content (AvgIpc) is 1.93. The Labute approximate surface area is 61.9 Å². The van der Waals surface area contributed by atoms with Crippen molar-refractivity contribution in [2.24, 2.45) is 0 Å². The van der Waals surface area contributed by atoms with Crippen molar-refractivity contribution in [3.8, 4) is 11.5 Å². The first kappa shape index (κ1) is 6.15. The van der Waals surface area contributed by atoms with E-state index in [1.54, 1.807) is 6.07 Å². The molecule has 1 aromatic carbocycles. The van der Waals surface area contributed by atoms with Gasteiger partial charge in [-0.15, -0.1) is 0 Å². The molecular formula is C7H6O4. The Morgan fingerprint density at radius 3 is 2.55 bits per heavy atom. The lowest BCUT2D eigenvalue weighted by atomic mass is 10.3. The zero-order valence-corrected chi connectivity index (χ0v) is 5.83. The molecule has 0 aliphatic rings. The molecule has 58 valence electrons. The molecule has 4 nitrogen and oxygen atoms in total. The second-order valence-corrected chi connectivity index (χ2v) is 2.11. The molecule has 0 aliphatic carbocycles. The lowest BCUT2D eigenvalue weighted by Crippen LogP contribution is -1.86. The minimum Gasteiger partial charge on any atom is -0.504 e. The Hall–Kier alpha value is -1.58. The zero-order valence-electron chi connectivity index (χ0n) is 5.83. The van der Waals surface area contributed by atoms with E-state index >= 15 is 0 Å². The normalized spacial score (nSPS) is 10.6. The van der Waals surface area contributed by atoms with Crippen LogP contribution in [0.2, 0.25) is 0 Å². The lowest BCUT2D eigenvalue weighted by molar-refractivity contribution is 0.0541. The van der Waals surface area contributed by atoms with Gasteiger partial charge in [0, 0.05) is 0 Å². The minimum absolute atomic E-state index is 0.0621. The number of phenols is 1. The van der Waals surface area contributed by atoms with Crippen molar-refractivity contribution in [2.75, 3.05) is 7.11 Å². The van der Waals surface area contributed by atoms with E-state index in [1.165, 1.54) is 13.2 Å². The van der Waals surface area contributed by atoms with Crippen LogP contribution in [0.15, 0.2) is 21.3 Å². The highest BCUT2D eigenvalue weighted by atomic mass is 17.0. The topological polar surface area (TPSA) is 55.7 Å². The standard InChI is InChI=1S/C7H6O4/c1-9-5-3-2-4(8)6-7(5)11-10-6/h2-3,8H,1H3. The van der Waals surface area contributed by atoms with Crippen LogP contribution in [-0.4, -0.2) is 12.2 Å². The van der Waals surface area contributed by atoms with Crippen molar-refractivity contribution in [2.45, 2.75) is 0 Å². The molecule has 1 aromatic heterocycles. The molecule has 0 spiro atoms. The Bertz CT molecular complexity index is 371. The summed E-state index contributed by atoms with van der Waals surface area (Å²) in [6, 6.07) is 3.09. The summed E-state index contributed by atoms with van der Waals surface area (Å²) in [6.07, 6.45) is 0. The lowest BCUT2D eigenvalue weighted by Gasteiger charge is -2.04. The zero-order chi connectivity index (χ0) is 7.84. The predicted molar refractivity (Wildman–Crippen MR) is 36.7 cm³/mol. The van der Waals surface area contributed by atoms with E-state index in [9.17, 15) is 0 Å². The number of methoxy groups -OCH3 is 1. The Balaban J connectivity index is 2.70. The molecule has 0 radical (unpaired) electrons. The fourth-order valence-corrected chi connectivity index (χ4v) is 0.904. The van der Waals surface area contributed by atoms with Gasteiger partial charge in [-0.3, -0.25) is 9.15 Å². The Morgan fingerprint density at radius 1 is 1.27 bits per heavy atom. The molecule has 0 saturated heterocycles. The third-order valence-electron chi connectivity index (χ3n) is 1.48. The first-order valence-electron chi connectivity index (χ1n) is 3.07. The van der Waals surface area contributed by atoms with Crippen molar-refractivity contribution in [1.82, 2.24) is 0 Å². The van der Waals surface area contributed by atoms with Gasteiger partial charge in [-0.25, -0.2) is 0 Å². The number of benzene rings is 1. The van der Waals surface area contributed by atoms with Crippen molar-refractivity contribution in [1.29, 1.82) is 0 Å². The number of hydrogen-bond donors (Lipinski definition) is 1. The van der Waals surface area contributed by atoms with Crippen LogP contribution < -0.4 is 4.74 Å². The van der Waals surface area contributed by atoms with Crippen molar-refractivity contribution in [3.63, 3.8) is 0 Å². The van der Waals surface area contributed by atoms with Gasteiger partial charge in [0.2, 0.25) is 0 Å². The maximum Gasteiger partial charge on any atom is 0.271 e. The summed E-state index contributed by atoms with van der Waals surface area (Å²) in [6.45, 7) is 0. The average molecular weight is 154 g/mol. The van der Waals surface area contributed by atoms with Crippen molar-refractivity contribution < 1.29 is 19.0 Å². The number of phenolic OH excluding ortho intramolecular Hbond substituents is 1. The SMILES string of the molecule is COc1ccc(O)c2ooc12. The van der Waals surface area contributed by atoms with Crippen LogP contribution in [0.1, 0.15) is 0 Å². The quantitative estimate of drug-likeness (QED) is 0.635. The van der Waals surface area contributed by atoms with Crippen LogP contribution in [0.4, 0.5) is 0 Å². The fraction of sp³-hybridized carbons (Fsp3) is 0.143. The van der Waals surface area contributed by atoms with Gasteiger partial charge in [0.05, 0.1) is 7.11 Å². The largest absolute Gasteiger partial charge is 0.504 e. The van der Waals surface area contributed by atoms with E-state index in [-0.39, 0.29) is 5.75 Å². The van der Waals surface area contributed by atoms with Crippen LogP contribution >= 0.6 is 0 Å². The molecule has 1 N–H and O–H groups in total. The van der Waals surface area contributed by atoms with Gasteiger partial charge in [0.1, 0.15) is 0 Å². The summed E-state index contributed by atoms with van der Waals surface area (Å²) < 4.78 is 14.0. The van der Waals surface area contributed by atoms with E-state index in [2.05, 4.69) is 9.15 Å². The second kappa shape index (κ2) is 1.95. The summed E-state index contributed by atoms with van der Waals surface area (Å²) in [7, 11) is 1.52. The molecular weight excluding hydrogens is 148 g/mol. The van der Waals surface area contributed by atoms with Crippen molar-refractivity contribution >= 4 is 11.2 Å². The van der Waals surface area contributed by atoms with E-state index < -0.39 is 0 Å². The van der Waals surface area contributed by atoms with Gasteiger partial charge in [0.25, 0.3) is 11.2 Å². The molecule has 2 aromatic rings. The number of hydrogen-bond acceptors (Lipinski definition) is 4. The Kier molecular flexibility index (Phi) is 1.09. The van der Waals surface area contributed by atoms with E-state index in [0.717, 1.165) is 0 Å². The minimum atomic E-state index is 0.0621. The van der Waals surface area contributed by atoms with Gasteiger partial charge in [0.15, 0.2) is 11.5 Å². The molecule has 4 heteroatoms. The highest BCUT2D eigenvalue weighted by Gasteiger charge is 2.15. The van der Waals surface area contributed by atoms with E-state index in [0.29, 0.717) is 16.9 Å². The third-order valence-corrected chi connectivity index (χ3v) is 1.48. The van der Waals surface area contributed by atoms with Crippen LogP contribution in [0.25, 0.3) is 11.2 Å². The number of ether oxygens (including phenoxy) is 1. The van der Waals surface area contributed by atoms with Gasteiger partial charge < -0.3 is 9.84 Å². The molecule has 2 rings (SSSR count). The van der Waals surface area contributed by atoms with Crippen LogP contribution in [0.5, 0.6) is 11.5 Å². The van der Waals surface area contributed by atoms with Crippen molar-refractivity contribution in [3.05, 3.63) is 12.1 Å². The first-order chi connectivity index (χ1) is 5.33. The molecule has 0 aliphatic heterocycles. The molecule has 0 unspecified atom stereocenters. The van der Waals surface area contributed by atoms with Gasteiger partial charge in [-0.05, 0) is 12.1 Å². The predicted octanol–water partition coefficient (Wildman–Crippen LogP) is 1.74. The molecule has 0 atom stereocenters. The maximum absolute atomic E-state index is 9.11. The number of rotatable bonds is 1. The first-order valence-corrected chi connectivity index (χ1v) is 3.07. The molecule has 0 fully saturated rings.